The molecule has 0 radical (unpaired) electrons. The zero-order chi connectivity index (χ0) is 13.5. The van der Waals surface area contributed by atoms with E-state index in [-0.39, 0.29) is 0 Å². The largest absolute Gasteiger partial charge is 0.365 e. The predicted octanol–water partition coefficient (Wildman–Crippen LogP) is 2.16. The summed E-state index contributed by atoms with van der Waals surface area (Å²) in [6, 6.07) is 4.04. The van der Waals surface area contributed by atoms with Gasteiger partial charge in [0.1, 0.15) is 5.52 Å². The average molecular weight is 271 g/mol. The highest BCUT2D eigenvalue weighted by atomic mass is 15.2. The fourth-order valence-electron chi connectivity index (χ4n) is 3.90. The SMILES string of the molecule is CN1C2CCCC1CC(Nc1nccn3nccc13)C2. The van der Waals surface area contributed by atoms with Gasteiger partial charge in [0.05, 0.1) is 6.20 Å². The molecule has 5 heteroatoms. The lowest BCUT2D eigenvalue weighted by Crippen LogP contribution is -2.52. The summed E-state index contributed by atoms with van der Waals surface area (Å²) in [6.07, 6.45) is 12.1. The molecule has 2 saturated heterocycles. The molecular formula is C15H21N5. The van der Waals surface area contributed by atoms with Crippen LogP contribution < -0.4 is 5.32 Å². The minimum atomic E-state index is 0.537. The molecule has 2 aliphatic rings. The first kappa shape index (κ1) is 12.1. The van der Waals surface area contributed by atoms with Crippen molar-refractivity contribution < 1.29 is 0 Å². The summed E-state index contributed by atoms with van der Waals surface area (Å²) in [5.74, 6) is 0.970. The van der Waals surface area contributed by atoms with Gasteiger partial charge in [-0.1, -0.05) is 6.42 Å². The van der Waals surface area contributed by atoms with E-state index in [0.29, 0.717) is 6.04 Å². The van der Waals surface area contributed by atoms with Gasteiger partial charge in [0.2, 0.25) is 0 Å². The van der Waals surface area contributed by atoms with E-state index < -0.39 is 0 Å². The van der Waals surface area contributed by atoms with E-state index in [1.165, 1.54) is 32.1 Å². The second-order valence-corrected chi connectivity index (χ2v) is 6.15. The molecule has 2 bridgehead atoms. The van der Waals surface area contributed by atoms with Crippen molar-refractivity contribution in [3.63, 3.8) is 0 Å². The van der Waals surface area contributed by atoms with E-state index in [1.54, 1.807) is 0 Å². The van der Waals surface area contributed by atoms with Crippen molar-refractivity contribution >= 4 is 11.3 Å². The Kier molecular flexibility index (Phi) is 2.88. The Morgan fingerprint density at radius 1 is 1.20 bits per heavy atom. The van der Waals surface area contributed by atoms with Crippen LogP contribution in [0.25, 0.3) is 5.52 Å². The Morgan fingerprint density at radius 3 is 2.80 bits per heavy atom. The number of fused-ring (bicyclic) bond motifs is 3. The second-order valence-electron chi connectivity index (χ2n) is 6.15. The third-order valence-corrected chi connectivity index (χ3v) is 5.01. The van der Waals surface area contributed by atoms with Gasteiger partial charge in [0, 0.05) is 30.5 Å². The molecule has 0 spiro atoms. The topological polar surface area (TPSA) is 45.5 Å². The Bertz CT molecular complexity index is 593. The van der Waals surface area contributed by atoms with E-state index in [2.05, 4.69) is 27.3 Å². The fraction of sp³-hybridized carbons (Fsp3) is 0.600. The molecule has 20 heavy (non-hydrogen) atoms. The van der Waals surface area contributed by atoms with Crippen LogP contribution in [0.5, 0.6) is 0 Å². The lowest BCUT2D eigenvalue weighted by atomic mass is 9.82. The maximum atomic E-state index is 4.50. The van der Waals surface area contributed by atoms with Gasteiger partial charge in [-0.3, -0.25) is 0 Å². The molecule has 4 heterocycles. The van der Waals surface area contributed by atoms with E-state index in [4.69, 9.17) is 0 Å². The Labute approximate surface area is 119 Å². The number of anilines is 1. The van der Waals surface area contributed by atoms with Crippen molar-refractivity contribution in [2.75, 3.05) is 12.4 Å². The van der Waals surface area contributed by atoms with Crippen LogP contribution in [0, 0.1) is 0 Å². The molecule has 2 aromatic heterocycles. The fourth-order valence-corrected chi connectivity index (χ4v) is 3.90. The van der Waals surface area contributed by atoms with Crippen LogP contribution in [-0.4, -0.2) is 44.7 Å². The molecule has 2 fully saturated rings. The van der Waals surface area contributed by atoms with E-state index in [9.17, 15) is 0 Å². The molecule has 2 unspecified atom stereocenters. The minimum absolute atomic E-state index is 0.537. The number of nitrogens with zero attached hydrogens (tertiary/aromatic N) is 4. The number of hydrogen-bond acceptors (Lipinski definition) is 4. The predicted molar refractivity (Wildman–Crippen MR) is 78.8 cm³/mol. The summed E-state index contributed by atoms with van der Waals surface area (Å²) in [5.41, 5.74) is 1.07. The van der Waals surface area contributed by atoms with E-state index >= 15 is 0 Å². The third-order valence-electron chi connectivity index (χ3n) is 5.01. The highest BCUT2D eigenvalue weighted by Gasteiger charge is 2.36. The number of hydrogen-bond donors (Lipinski definition) is 1. The number of aromatic nitrogens is 3. The highest BCUT2D eigenvalue weighted by Crippen LogP contribution is 2.34. The number of rotatable bonds is 2. The standard InChI is InChI=1S/C15H21N5/c1-19-12-3-2-4-13(19)10-11(9-12)18-15-14-5-6-17-20(14)8-7-16-15/h5-8,11-13H,2-4,9-10H2,1H3,(H,16,18). The Morgan fingerprint density at radius 2 is 2.00 bits per heavy atom. The van der Waals surface area contributed by atoms with Crippen molar-refractivity contribution in [2.45, 2.75) is 50.2 Å². The van der Waals surface area contributed by atoms with E-state index in [1.807, 2.05) is 29.2 Å². The first-order chi connectivity index (χ1) is 9.81. The van der Waals surface area contributed by atoms with Crippen molar-refractivity contribution in [2.24, 2.45) is 0 Å². The number of piperidine rings is 2. The molecule has 2 aromatic rings. The average Bonchev–Trinajstić information content (AvgIpc) is 2.89. The molecule has 4 rings (SSSR count). The lowest BCUT2D eigenvalue weighted by Gasteiger charge is -2.47. The smallest absolute Gasteiger partial charge is 0.152 e. The zero-order valence-corrected chi connectivity index (χ0v) is 11.9. The van der Waals surface area contributed by atoms with E-state index in [0.717, 1.165) is 23.4 Å². The van der Waals surface area contributed by atoms with Gasteiger partial charge in [-0.25, -0.2) is 9.50 Å². The van der Waals surface area contributed by atoms with Gasteiger partial charge in [-0.05, 0) is 38.8 Å². The summed E-state index contributed by atoms with van der Waals surface area (Å²) in [4.78, 5) is 7.09. The van der Waals surface area contributed by atoms with Crippen molar-refractivity contribution in [3.8, 4) is 0 Å². The Balaban J connectivity index is 1.56. The van der Waals surface area contributed by atoms with Gasteiger partial charge in [-0.2, -0.15) is 5.10 Å². The van der Waals surface area contributed by atoms with Crippen LogP contribution in [0.15, 0.2) is 24.7 Å². The summed E-state index contributed by atoms with van der Waals surface area (Å²) in [5, 5.41) is 7.93. The van der Waals surface area contributed by atoms with Crippen molar-refractivity contribution in [3.05, 3.63) is 24.7 Å². The maximum absolute atomic E-state index is 4.50. The van der Waals surface area contributed by atoms with Gasteiger partial charge in [0.15, 0.2) is 5.82 Å². The molecule has 2 aliphatic heterocycles. The quantitative estimate of drug-likeness (QED) is 0.909. The normalized spacial score (nSPS) is 30.6. The third kappa shape index (κ3) is 1.97. The Hall–Kier alpha value is -1.62. The molecule has 0 amide bonds. The van der Waals surface area contributed by atoms with Crippen LogP contribution in [0.2, 0.25) is 0 Å². The minimum Gasteiger partial charge on any atom is -0.365 e. The number of nitrogens with one attached hydrogen (secondary N) is 1. The molecule has 2 atom stereocenters. The lowest BCUT2D eigenvalue weighted by molar-refractivity contribution is 0.0608. The van der Waals surface area contributed by atoms with Gasteiger partial charge < -0.3 is 10.2 Å². The van der Waals surface area contributed by atoms with Gasteiger partial charge in [0.25, 0.3) is 0 Å². The zero-order valence-electron chi connectivity index (χ0n) is 11.9. The summed E-state index contributed by atoms with van der Waals surface area (Å²) < 4.78 is 1.88. The molecular weight excluding hydrogens is 250 g/mol. The molecule has 0 aliphatic carbocycles. The van der Waals surface area contributed by atoms with Crippen LogP contribution in [0.4, 0.5) is 5.82 Å². The molecule has 1 N–H and O–H groups in total. The summed E-state index contributed by atoms with van der Waals surface area (Å²) in [7, 11) is 2.29. The molecule has 5 nitrogen and oxygen atoms in total. The molecule has 0 saturated carbocycles. The maximum Gasteiger partial charge on any atom is 0.152 e. The van der Waals surface area contributed by atoms with Crippen molar-refractivity contribution in [1.82, 2.24) is 19.5 Å². The summed E-state index contributed by atoms with van der Waals surface area (Å²) >= 11 is 0. The van der Waals surface area contributed by atoms with Gasteiger partial charge in [-0.15, -0.1) is 0 Å². The summed E-state index contributed by atoms with van der Waals surface area (Å²) in [6.45, 7) is 0. The second kappa shape index (κ2) is 4.74. The first-order valence-electron chi connectivity index (χ1n) is 7.58. The molecule has 0 aromatic carbocycles. The van der Waals surface area contributed by atoms with Gasteiger partial charge >= 0.3 is 0 Å². The van der Waals surface area contributed by atoms with Crippen LogP contribution >= 0.6 is 0 Å². The van der Waals surface area contributed by atoms with Crippen molar-refractivity contribution in [1.29, 1.82) is 0 Å². The molecule has 106 valence electrons. The highest BCUT2D eigenvalue weighted by molar-refractivity contribution is 5.67. The monoisotopic (exact) mass is 271 g/mol. The van der Waals surface area contributed by atoms with Crippen LogP contribution in [0.3, 0.4) is 0 Å². The van der Waals surface area contributed by atoms with Crippen LogP contribution in [-0.2, 0) is 0 Å². The van der Waals surface area contributed by atoms with Crippen LogP contribution in [0.1, 0.15) is 32.1 Å². The first-order valence-corrected chi connectivity index (χ1v) is 7.58.